The molecule has 0 aromatic rings. The van der Waals surface area contributed by atoms with E-state index in [1.165, 1.54) is 0 Å². The van der Waals surface area contributed by atoms with Crippen molar-refractivity contribution >= 4 is 0 Å². The summed E-state index contributed by atoms with van der Waals surface area (Å²) in [5, 5.41) is 0. The molecule has 1 saturated heterocycles. The molecular formula is C9H19NO3. The van der Waals surface area contributed by atoms with Gasteiger partial charge in [-0.2, -0.15) is 0 Å². The van der Waals surface area contributed by atoms with E-state index in [0.717, 1.165) is 25.9 Å². The monoisotopic (exact) mass is 189 g/mol. The summed E-state index contributed by atoms with van der Waals surface area (Å²) in [6, 6.07) is 0. The highest BCUT2D eigenvalue weighted by Crippen LogP contribution is 2.29. The number of hydrogen-bond acceptors (Lipinski definition) is 4. The number of nitrogens with two attached hydrogens (primary N) is 1. The van der Waals surface area contributed by atoms with Crippen LogP contribution in [0, 0.1) is 0 Å². The third-order valence-corrected chi connectivity index (χ3v) is 2.72. The molecule has 0 amide bonds. The Kier molecular flexibility index (Phi) is 4.12. The molecule has 0 spiro atoms. The van der Waals surface area contributed by atoms with E-state index >= 15 is 0 Å². The van der Waals surface area contributed by atoms with Gasteiger partial charge in [-0.1, -0.05) is 0 Å². The molecule has 4 heteroatoms. The maximum Gasteiger partial charge on any atom is 0.119 e. The highest BCUT2D eigenvalue weighted by atomic mass is 16.6. The molecule has 2 N–H and O–H groups in total. The maximum atomic E-state index is 5.73. The highest BCUT2D eigenvalue weighted by molar-refractivity contribution is 4.89. The van der Waals surface area contributed by atoms with Gasteiger partial charge in [0.25, 0.3) is 0 Å². The van der Waals surface area contributed by atoms with Crippen LogP contribution in [0.25, 0.3) is 0 Å². The Labute approximate surface area is 79.3 Å². The maximum absolute atomic E-state index is 5.73. The third kappa shape index (κ3) is 2.40. The van der Waals surface area contributed by atoms with Crippen LogP contribution < -0.4 is 5.90 Å². The van der Waals surface area contributed by atoms with Gasteiger partial charge < -0.3 is 9.47 Å². The first-order valence-corrected chi connectivity index (χ1v) is 4.73. The van der Waals surface area contributed by atoms with Crippen molar-refractivity contribution in [2.75, 3.05) is 20.3 Å². The Balaban J connectivity index is 2.60. The van der Waals surface area contributed by atoms with Crippen LogP contribution in [-0.4, -0.2) is 32.0 Å². The minimum atomic E-state index is -0.332. The summed E-state index contributed by atoms with van der Waals surface area (Å²) in [5.74, 6) is 5.18. The van der Waals surface area contributed by atoms with Gasteiger partial charge in [-0.3, -0.25) is 4.84 Å². The Bertz CT molecular complexity index is 140. The predicted octanol–water partition coefficient (Wildman–Crippen LogP) is 0.851. The molecule has 13 heavy (non-hydrogen) atoms. The smallest absolute Gasteiger partial charge is 0.119 e. The van der Waals surface area contributed by atoms with Crippen LogP contribution >= 0.6 is 0 Å². The summed E-state index contributed by atoms with van der Waals surface area (Å²) in [6.07, 6.45) is 3.10. The van der Waals surface area contributed by atoms with E-state index in [9.17, 15) is 0 Å². The zero-order valence-electron chi connectivity index (χ0n) is 8.41. The summed E-state index contributed by atoms with van der Waals surface area (Å²) >= 11 is 0. The van der Waals surface area contributed by atoms with Crippen molar-refractivity contribution < 1.29 is 14.3 Å². The lowest BCUT2D eigenvalue weighted by Gasteiger charge is -2.40. The fourth-order valence-electron chi connectivity index (χ4n) is 1.79. The van der Waals surface area contributed by atoms with Crippen molar-refractivity contribution in [3.8, 4) is 0 Å². The number of ether oxygens (including phenoxy) is 2. The van der Waals surface area contributed by atoms with E-state index in [2.05, 4.69) is 0 Å². The van der Waals surface area contributed by atoms with Gasteiger partial charge in [-0.05, 0) is 26.2 Å². The lowest BCUT2D eigenvalue weighted by atomic mass is 9.89. The van der Waals surface area contributed by atoms with E-state index in [4.69, 9.17) is 20.2 Å². The molecule has 1 rings (SSSR count). The minimum absolute atomic E-state index is 0.118. The van der Waals surface area contributed by atoms with Crippen molar-refractivity contribution in [1.29, 1.82) is 0 Å². The molecule has 0 saturated carbocycles. The second-order valence-electron chi connectivity index (χ2n) is 3.58. The van der Waals surface area contributed by atoms with Gasteiger partial charge in [0.05, 0.1) is 6.61 Å². The SMILES string of the molecule is COCC1(C(C)ON)CCCCO1. The van der Waals surface area contributed by atoms with E-state index in [1.807, 2.05) is 6.92 Å². The Morgan fingerprint density at radius 3 is 2.77 bits per heavy atom. The summed E-state index contributed by atoms with van der Waals surface area (Å²) in [4.78, 5) is 4.84. The van der Waals surface area contributed by atoms with Gasteiger partial charge >= 0.3 is 0 Å². The molecule has 1 fully saturated rings. The van der Waals surface area contributed by atoms with Crippen molar-refractivity contribution in [3.63, 3.8) is 0 Å². The Morgan fingerprint density at radius 1 is 1.54 bits per heavy atom. The predicted molar refractivity (Wildman–Crippen MR) is 49.1 cm³/mol. The minimum Gasteiger partial charge on any atom is -0.382 e. The first-order valence-electron chi connectivity index (χ1n) is 4.73. The van der Waals surface area contributed by atoms with Gasteiger partial charge in [-0.25, -0.2) is 5.90 Å². The Hall–Kier alpha value is -0.160. The van der Waals surface area contributed by atoms with E-state index < -0.39 is 0 Å². The lowest BCUT2D eigenvalue weighted by Crippen LogP contribution is -2.51. The van der Waals surface area contributed by atoms with Crippen LogP contribution in [0.15, 0.2) is 0 Å². The zero-order chi connectivity index (χ0) is 9.73. The summed E-state index contributed by atoms with van der Waals surface area (Å²) in [6.45, 7) is 3.24. The van der Waals surface area contributed by atoms with Gasteiger partial charge in [0, 0.05) is 13.7 Å². The van der Waals surface area contributed by atoms with E-state index in [0.29, 0.717) is 6.61 Å². The molecule has 4 nitrogen and oxygen atoms in total. The number of rotatable bonds is 4. The van der Waals surface area contributed by atoms with Gasteiger partial charge in [-0.15, -0.1) is 0 Å². The largest absolute Gasteiger partial charge is 0.382 e. The van der Waals surface area contributed by atoms with Crippen LogP contribution in [0.2, 0.25) is 0 Å². The summed E-state index contributed by atoms with van der Waals surface area (Å²) < 4.78 is 10.9. The molecule has 1 aliphatic heterocycles. The zero-order valence-corrected chi connectivity index (χ0v) is 8.41. The van der Waals surface area contributed by atoms with Crippen LogP contribution in [0.1, 0.15) is 26.2 Å². The molecule has 0 bridgehead atoms. The van der Waals surface area contributed by atoms with Crippen LogP contribution in [-0.2, 0) is 14.3 Å². The molecule has 0 aromatic heterocycles. The van der Waals surface area contributed by atoms with Gasteiger partial charge in [0.2, 0.25) is 0 Å². The second kappa shape index (κ2) is 4.91. The molecule has 0 aliphatic carbocycles. The lowest BCUT2D eigenvalue weighted by molar-refractivity contribution is -0.185. The fraction of sp³-hybridized carbons (Fsp3) is 1.00. The van der Waals surface area contributed by atoms with E-state index in [-0.39, 0.29) is 11.7 Å². The Morgan fingerprint density at radius 2 is 2.31 bits per heavy atom. The summed E-state index contributed by atoms with van der Waals surface area (Å²) in [7, 11) is 1.67. The average Bonchev–Trinajstić information content (AvgIpc) is 2.18. The normalized spacial score (nSPS) is 31.6. The molecule has 2 atom stereocenters. The standard InChI is InChI=1S/C9H19NO3/c1-8(13-10)9(7-11-2)5-3-4-6-12-9/h8H,3-7,10H2,1-2H3. The average molecular weight is 189 g/mol. The van der Waals surface area contributed by atoms with Crippen molar-refractivity contribution in [2.24, 2.45) is 5.90 Å². The molecule has 1 aliphatic rings. The van der Waals surface area contributed by atoms with Crippen LogP contribution in [0.4, 0.5) is 0 Å². The van der Waals surface area contributed by atoms with Gasteiger partial charge in [0.15, 0.2) is 0 Å². The number of hydrogen-bond donors (Lipinski definition) is 1. The molecule has 1 heterocycles. The van der Waals surface area contributed by atoms with Crippen LogP contribution in [0.3, 0.4) is 0 Å². The first kappa shape index (κ1) is 10.9. The third-order valence-electron chi connectivity index (χ3n) is 2.72. The molecule has 78 valence electrons. The molecular weight excluding hydrogens is 170 g/mol. The van der Waals surface area contributed by atoms with Crippen molar-refractivity contribution in [3.05, 3.63) is 0 Å². The topological polar surface area (TPSA) is 53.7 Å². The molecule has 0 aromatic carbocycles. The van der Waals surface area contributed by atoms with Crippen LogP contribution in [0.5, 0.6) is 0 Å². The van der Waals surface area contributed by atoms with Crippen molar-refractivity contribution in [2.45, 2.75) is 37.9 Å². The molecule has 2 unspecified atom stereocenters. The first-order chi connectivity index (χ1) is 6.25. The van der Waals surface area contributed by atoms with Crippen molar-refractivity contribution in [1.82, 2.24) is 0 Å². The summed E-state index contributed by atoms with van der Waals surface area (Å²) in [5.41, 5.74) is -0.332. The highest BCUT2D eigenvalue weighted by Gasteiger charge is 2.39. The quantitative estimate of drug-likeness (QED) is 0.666. The number of methoxy groups -OCH3 is 1. The van der Waals surface area contributed by atoms with E-state index in [1.54, 1.807) is 7.11 Å². The van der Waals surface area contributed by atoms with Gasteiger partial charge in [0.1, 0.15) is 11.7 Å². The second-order valence-corrected chi connectivity index (χ2v) is 3.58. The molecule has 0 radical (unpaired) electrons. The fourth-order valence-corrected chi connectivity index (χ4v) is 1.79.